The minimum atomic E-state index is -0.170. The maximum absolute atomic E-state index is 6.14. The van der Waals surface area contributed by atoms with E-state index in [9.17, 15) is 0 Å². The minimum Gasteiger partial charge on any atom is -0.493 e. The van der Waals surface area contributed by atoms with Crippen LogP contribution in [0.3, 0.4) is 0 Å². The highest BCUT2D eigenvalue weighted by Gasteiger charge is 2.21. The second-order valence-corrected chi connectivity index (χ2v) is 8.97. The summed E-state index contributed by atoms with van der Waals surface area (Å²) in [5.41, 5.74) is 2.05. The number of benzene rings is 1. The fraction of sp³-hybridized carbons (Fsp3) is 0.609. The van der Waals surface area contributed by atoms with Crippen LogP contribution in [0.5, 0.6) is 5.75 Å². The number of aromatic nitrogens is 2. The van der Waals surface area contributed by atoms with E-state index in [4.69, 9.17) is 19.0 Å². The molecule has 1 aliphatic rings. The Kier molecular flexibility index (Phi) is 7.90. The van der Waals surface area contributed by atoms with E-state index in [-0.39, 0.29) is 5.41 Å². The van der Waals surface area contributed by atoms with Crippen LogP contribution in [0.4, 0.5) is 0 Å². The van der Waals surface area contributed by atoms with Gasteiger partial charge in [-0.2, -0.15) is 4.98 Å². The summed E-state index contributed by atoms with van der Waals surface area (Å²) in [4.78, 5) is 9.19. The van der Waals surface area contributed by atoms with E-state index in [2.05, 4.69) is 45.9 Å². The van der Waals surface area contributed by atoms with Gasteiger partial charge in [-0.25, -0.2) is 4.99 Å². The molecule has 1 aromatic heterocycles. The van der Waals surface area contributed by atoms with Crippen LogP contribution >= 0.6 is 0 Å². The van der Waals surface area contributed by atoms with Crippen LogP contribution in [-0.4, -0.2) is 42.5 Å². The maximum Gasteiger partial charge on any atom is 0.232 e. The Bertz CT molecular complexity index is 866. The van der Waals surface area contributed by atoms with Gasteiger partial charge in [0.05, 0.1) is 26.3 Å². The molecule has 2 aromatic rings. The number of hydrogen-bond donors (Lipinski definition) is 2. The van der Waals surface area contributed by atoms with Gasteiger partial charge in [0, 0.05) is 30.0 Å². The topological polar surface area (TPSA) is 93.8 Å². The van der Waals surface area contributed by atoms with Crippen LogP contribution in [0.15, 0.2) is 27.7 Å². The van der Waals surface area contributed by atoms with Crippen molar-refractivity contribution in [2.45, 2.75) is 59.5 Å². The van der Waals surface area contributed by atoms with Gasteiger partial charge in [-0.1, -0.05) is 38.1 Å². The van der Waals surface area contributed by atoms with Crippen molar-refractivity contribution in [3.63, 3.8) is 0 Å². The Morgan fingerprint density at radius 3 is 2.81 bits per heavy atom. The highest BCUT2D eigenvalue weighted by molar-refractivity contribution is 5.79. The standard InChI is InChI=1S/C23H35N5O3/c1-6-24-22(26-13-20-27-21(31-28-20)23(3,4)5)25-12-18-8-7-16(2)11-19(18)30-15-17-9-10-29-14-17/h7-8,11,17H,6,9-10,12-15H2,1-5H3,(H2,24,25,26). The van der Waals surface area contributed by atoms with E-state index in [0.717, 1.165) is 37.5 Å². The summed E-state index contributed by atoms with van der Waals surface area (Å²) in [6.07, 6.45) is 1.06. The number of nitrogens with one attached hydrogen (secondary N) is 2. The van der Waals surface area contributed by atoms with Gasteiger partial charge in [-0.15, -0.1) is 0 Å². The molecule has 31 heavy (non-hydrogen) atoms. The molecular weight excluding hydrogens is 394 g/mol. The molecule has 8 heteroatoms. The molecule has 1 aromatic carbocycles. The quantitative estimate of drug-likeness (QED) is 0.491. The van der Waals surface area contributed by atoms with Gasteiger partial charge in [-0.3, -0.25) is 0 Å². The van der Waals surface area contributed by atoms with Gasteiger partial charge in [0.25, 0.3) is 0 Å². The number of aliphatic imine (C=N–C) groups is 1. The normalized spacial score (nSPS) is 17.1. The first-order valence-electron chi connectivity index (χ1n) is 11.0. The molecule has 2 N–H and O–H groups in total. The van der Waals surface area contributed by atoms with Crippen LogP contribution in [0.25, 0.3) is 0 Å². The van der Waals surface area contributed by atoms with Crippen molar-refractivity contribution in [3.05, 3.63) is 41.0 Å². The molecule has 0 bridgehead atoms. The Morgan fingerprint density at radius 2 is 2.13 bits per heavy atom. The third kappa shape index (κ3) is 6.95. The first-order valence-corrected chi connectivity index (χ1v) is 11.0. The number of aryl methyl sites for hydroxylation is 1. The lowest BCUT2D eigenvalue weighted by Crippen LogP contribution is -2.37. The van der Waals surface area contributed by atoms with E-state index >= 15 is 0 Å². The number of guanidine groups is 1. The Morgan fingerprint density at radius 1 is 1.29 bits per heavy atom. The van der Waals surface area contributed by atoms with Crippen molar-refractivity contribution < 1.29 is 14.0 Å². The van der Waals surface area contributed by atoms with Gasteiger partial charge in [0.15, 0.2) is 11.8 Å². The molecule has 170 valence electrons. The Balaban J connectivity index is 1.63. The fourth-order valence-electron chi connectivity index (χ4n) is 3.15. The molecule has 1 aliphatic heterocycles. The van der Waals surface area contributed by atoms with Gasteiger partial charge in [0.1, 0.15) is 5.75 Å². The molecule has 0 saturated carbocycles. The Hall–Kier alpha value is -2.61. The molecule has 1 fully saturated rings. The van der Waals surface area contributed by atoms with E-state index in [1.807, 2.05) is 27.7 Å². The van der Waals surface area contributed by atoms with Crippen molar-refractivity contribution in [2.75, 3.05) is 26.4 Å². The van der Waals surface area contributed by atoms with Crippen LogP contribution in [0.1, 0.15) is 57.0 Å². The van der Waals surface area contributed by atoms with E-state index in [1.54, 1.807) is 0 Å². The third-order valence-corrected chi connectivity index (χ3v) is 5.00. The van der Waals surface area contributed by atoms with Crippen molar-refractivity contribution in [3.8, 4) is 5.75 Å². The lowest BCUT2D eigenvalue weighted by molar-refractivity contribution is 0.166. The van der Waals surface area contributed by atoms with Crippen LogP contribution in [-0.2, 0) is 23.2 Å². The molecule has 0 radical (unpaired) electrons. The molecule has 3 rings (SSSR count). The summed E-state index contributed by atoms with van der Waals surface area (Å²) in [6.45, 7) is 14.2. The van der Waals surface area contributed by atoms with Crippen molar-refractivity contribution in [1.82, 2.24) is 20.8 Å². The van der Waals surface area contributed by atoms with Gasteiger partial charge >= 0.3 is 0 Å². The molecule has 1 unspecified atom stereocenters. The Labute approximate surface area is 184 Å². The summed E-state index contributed by atoms with van der Waals surface area (Å²) < 4.78 is 16.9. The molecule has 0 amide bonds. The summed E-state index contributed by atoms with van der Waals surface area (Å²) in [5, 5.41) is 10.6. The first-order chi connectivity index (χ1) is 14.8. The number of ether oxygens (including phenoxy) is 2. The third-order valence-electron chi connectivity index (χ3n) is 5.00. The van der Waals surface area contributed by atoms with Crippen LogP contribution in [0.2, 0.25) is 0 Å². The predicted octanol–water partition coefficient (Wildman–Crippen LogP) is 3.35. The van der Waals surface area contributed by atoms with Crippen molar-refractivity contribution >= 4 is 5.96 Å². The van der Waals surface area contributed by atoms with Crippen molar-refractivity contribution in [1.29, 1.82) is 0 Å². The summed E-state index contributed by atoms with van der Waals surface area (Å²) >= 11 is 0. The number of rotatable bonds is 8. The van der Waals surface area contributed by atoms with E-state index in [0.29, 0.717) is 43.3 Å². The minimum absolute atomic E-state index is 0.170. The molecule has 1 saturated heterocycles. The molecule has 1 atom stereocenters. The molecular formula is C23H35N5O3. The largest absolute Gasteiger partial charge is 0.493 e. The lowest BCUT2D eigenvalue weighted by atomic mass is 9.97. The summed E-state index contributed by atoms with van der Waals surface area (Å²) in [6, 6.07) is 6.25. The van der Waals surface area contributed by atoms with Crippen LogP contribution in [0, 0.1) is 12.8 Å². The van der Waals surface area contributed by atoms with Crippen molar-refractivity contribution in [2.24, 2.45) is 10.9 Å². The van der Waals surface area contributed by atoms with E-state index in [1.165, 1.54) is 5.56 Å². The zero-order chi connectivity index (χ0) is 22.3. The first kappa shape index (κ1) is 23.1. The SMILES string of the molecule is CCNC(=NCc1ccc(C)cc1OCC1CCOC1)NCc1noc(C(C)(C)C)n1. The monoisotopic (exact) mass is 429 g/mol. The predicted molar refractivity (Wildman–Crippen MR) is 120 cm³/mol. The number of hydrogen-bond acceptors (Lipinski definition) is 6. The summed E-state index contributed by atoms with van der Waals surface area (Å²) in [5.74, 6) is 3.28. The number of nitrogens with zero attached hydrogens (tertiary/aromatic N) is 3. The van der Waals surface area contributed by atoms with Gasteiger partial charge in [0.2, 0.25) is 5.89 Å². The van der Waals surface area contributed by atoms with Gasteiger partial charge < -0.3 is 24.6 Å². The molecule has 8 nitrogen and oxygen atoms in total. The maximum atomic E-state index is 6.14. The zero-order valence-electron chi connectivity index (χ0n) is 19.3. The molecule has 0 aliphatic carbocycles. The fourth-order valence-corrected chi connectivity index (χ4v) is 3.15. The van der Waals surface area contributed by atoms with Crippen LogP contribution < -0.4 is 15.4 Å². The van der Waals surface area contributed by atoms with Gasteiger partial charge in [-0.05, 0) is 31.9 Å². The van der Waals surface area contributed by atoms with E-state index < -0.39 is 0 Å². The lowest BCUT2D eigenvalue weighted by Gasteiger charge is -2.15. The second-order valence-electron chi connectivity index (χ2n) is 8.97. The average molecular weight is 430 g/mol. The summed E-state index contributed by atoms with van der Waals surface area (Å²) in [7, 11) is 0. The smallest absolute Gasteiger partial charge is 0.232 e. The molecule has 2 heterocycles. The second kappa shape index (κ2) is 10.6. The average Bonchev–Trinajstić information content (AvgIpc) is 3.41. The zero-order valence-corrected chi connectivity index (χ0v) is 19.3. The highest BCUT2D eigenvalue weighted by Crippen LogP contribution is 2.23. The highest BCUT2D eigenvalue weighted by atomic mass is 16.5. The molecule has 0 spiro atoms.